The Morgan fingerprint density at radius 1 is 1.58 bits per heavy atom. The molecular formula is C13H17N3O3. The van der Waals surface area contributed by atoms with Crippen LogP contribution in [0.3, 0.4) is 0 Å². The highest BCUT2D eigenvalue weighted by molar-refractivity contribution is 5.92. The molecule has 6 nitrogen and oxygen atoms in total. The van der Waals surface area contributed by atoms with Crippen LogP contribution in [0.4, 0.5) is 0 Å². The molecule has 0 fully saturated rings. The molecule has 6 heteroatoms. The molecule has 102 valence electrons. The first-order valence-corrected chi connectivity index (χ1v) is 6.09. The average Bonchev–Trinajstić information content (AvgIpc) is 2.82. The van der Waals surface area contributed by atoms with Crippen LogP contribution in [-0.4, -0.2) is 46.8 Å². The van der Waals surface area contributed by atoms with E-state index < -0.39 is 6.10 Å². The first-order valence-electron chi connectivity index (χ1n) is 6.09. The van der Waals surface area contributed by atoms with E-state index in [-0.39, 0.29) is 12.5 Å². The van der Waals surface area contributed by atoms with E-state index in [9.17, 15) is 9.90 Å². The third-order valence-electron chi connectivity index (χ3n) is 2.72. The summed E-state index contributed by atoms with van der Waals surface area (Å²) in [5.41, 5.74) is 1.10. The monoisotopic (exact) mass is 263 g/mol. The lowest BCUT2D eigenvalue weighted by Crippen LogP contribution is -2.28. The second-order valence-corrected chi connectivity index (χ2v) is 4.25. The van der Waals surface area contributed by atoms with Crippen LogP contribution in [-0.2, 0) is 4.74 Å². The average molecular weight is 263 g/mol. The lowest BCUT2D eigenvalue weighted by atomic mass is 10.2. The molecule has 0 saturated carbocycles. The summed E-state index contributed by atoms with van der Waals surface area (Å²) in [7, 11) is 1.53. The minimum absolute atomic E-state index is 0.242. The molecule has 0 aromatic carbocycles. The molecule has 2 N–H and O–H groups in total. The summed E-state index contributed by atoms with van der Waals surface area (Å²) in [6.45, 7) is 0.654. The number of carbonyl (C=O) groups excluding carboxylic acids is 1. The molecule has 0 aliphatic carbocycles. The molecular weight excluding hydrogens is 246 g/mol. The highest BCUT2D eigenvalue weighted by Crippen LogP contribution is 2.04. The molecule has 0 bridgehead atoms. The number of carbonyl (C=O) groups is 1. The van der Waals surface area contributed by atoms with Crippen molar-refractivity contribution in [3.8, 4) is 0 Å². The molecule has 0 aliphatic heterocycles. The van der Waals surface area contributed by atoms with Gasteiger partial charge >= 0.3 is 0 Å². The molecule has 0 saturated heterocycles. The van der Waals surface area contributed by atoms with E-state index in [1.807, 2.05) is 24.4 Å². The summed E-state index contributed by atoms with van der Waals surface area (Å²) in [6.07, 6.45) is 3.40. The summed E-state index contributed by atoms with van der Waals surface area (Å²) >= 11 is 0. The summed E-state index contributed by atoms with van der Waals surface area (Å²) in [6, 6.07) is 5.57. The molecule has 19 heavy (non-hydrogen) atoms. The Labute approximate surface area is 111 Å². The maximum Gasteiger partial charge on any atom is 0.271 e. The second kappa shape index (κ2) is 6.31. The number of imidazole rings is 1. The van der Waals surface area contributed by atoms with Crippen LogP contribution in [0.15, 0.2) is 30.6 Å². The fourth-order valence-electron chi connectivity index (χ4n) is 1.76. The summed E-state index contributed by atoms with van der Waals surface area (Å²) in [5, 5.41) is 12.2. The van der Waals surface area contributed by atoms with E-state index >= 15 is 0 Å². The SMILES string of the molecule is COCC(O)CCNC(=O)c1cn2ccccc2n1. The number of aromatic nitrogens is 2. The number of pyridine rings is 1. The molecule has 2 aromatic rings. The van der Waals surface area contributed by atoms with Crippen LogP contribution >= 0.6 is 0 Å². The molecule has 1 unspecified atom stereocenters. The largest absolute Gasteiger partial charge is 0.391 e. The van der Waals surface area contributed by atoms with Gasteiger partial charge in [-0.1, -0.05) is 6.07 Å². The number of fused-ring (bicyclic) bond motifs is 1. The topological polar surface area (TPSA) is 75.9 Å². The smallest absolute Gasteiger partial charge is 0.271 e. The zero-order valence-corrected chi connectivity index (χ0v) is 10.7. The standard InChI is InChI=1S/C13H17N3O3/c1-19-9-10(17)5-6-14-13(18)11-8-16-7-3-2-4-12(16)15-11/h2-4,7-8,10,17H,5-6,9H2,1H3,(H,14,18). The van der Waals surface area contributed by atoms with Gasteiger partial charge in [0.25, 0.3) is 5.91 Å². The van der Waals surface area contributed by atoms with Gasteiger partial charge in [0.05, 0.1) is 12.7 Å². The Balaban J connectivity index is 1.89. The number of hydrogen-bond donors (Lipinski definition) is 2. The maximum atomic E-state index is 11.9. The third kappa shape index (κ3) is 3.52. The quantitative estimate of drug-likeness (QED) is 0.794. The van der Waals surface area contributed by atoms with Crippen molar-refractivity contribution in [2.45, 2.75) is 12.5 Å². The number of rotatable bonds is 6. The van der Waals surface area contributed by atoms with Gasteiger partial charge in [0.1, 0.15) is 11.3 Å². The molecule has 1 amide bonds. The summed E-state index contributed by atoms with van der Waals surface area (Å²) in [4.78, 5) is 16.1. The van der Waals surface area contributed by atoms with Crippen LogP contribution < -0.4 is 5.32 Å². The summed E-state index contributed by atoms with van der Waals surface area (Å²) < 4.78 is 6.59. The van der Waals surface area contributed by atoms with E-state index in [1.165, 1.54) is 7.11 Å². The Kier molecular flexibility index (Phi) is 4.48. The predicted octanol–water partition coefficient (Wildman–Crippen LogP) is 0.461. The number of ether oxygens (including phenoxy) is 1. The van der Waals surface area contributed by atoms with Crippen LogP contribution in [0.5, 0.6) is 0 Å². The van der Waals surface area contributed by atoms with Crippen LogP contribution in [0.25, 0.3) is 5.65 Å². The minimum Gasteiger partial charge on any atom is -0.391 e. The Morgan fingerprint density at radius 3 is 3.16 bits per heavy atom. The van der Waals surface area contributed by atoms with Crippen molar-refractivity contribution >= 4 is 11.6 Å². The van der Waals surface area contributed by atoms with Gasteiger partial charge in [-0.25, -0.2) is 4.98 Å². The van der Waals surface area contributed by atoms with Crippen molar-refractivity contribution in [3.63, 3.8) is 0 Å². The van der Waals surface area contributed by atoms with E-state index in [1.54, 1.807) is 10.6 Å². The van der Waals surface area contributed by atoms with Gasteiger partial charge < -0.3 is 19.6 Å². The maximum absolute atomic E-state index is 11.9. The van der Waals surface area contributed by atoms with Gasteiger partial charge in [-0.05, 0) is 18.6 Å². The third-order valence-corrected chi connectivity index (χ3v) is 2.72. The zero-order chi connectivity index (χ0) is 13.7. The van der Waals surface area contributed by atoms with Crippen LogP contribution in [0, 0.1) is 0 Å². The van der Waals surface area contributed by atoms with E-state index in [0.717, 1.165) is 5.65 Å². The van der Waals surface area contributed by atoms with Crippen LogP contribution in [0.2, 0.25) is 0 Å². The first kappa shape index (κ1) is 13.5. The first-order chi connectivity index (χ1) is 9.20. The van der Waals surface area contributed by atoms with E-state index in [0.29, 0.717) is 18.7 Å². The fourth-order valence-corrected chi connectivity index (χ4v) is 1.76. The predicted molar refractivity (Wildman–Crippen MR) is 70.0 cm³/mol. The molecule has 1 atom stereocenters. The van der Waals surface area contributed by atoms with Gasteiger partial charge in [-0.2, -0.15) is 0 Å². The van der Waals surface area contributed by atoms with Crippen molar-refractivity contribution in [1.29, 1.82) is 0 Å². The molecule has 2 aromatic heterocycles. The second-order valence-electron chi connectivity index (χ2n) is 4.25. The Hall–Kier alpha value is -1.92. The number of nitrogens with one attached hydrogen (secondary N) is 1. The number of nitrogens with zero attached hydrogens (tertiary/aromatic N) is 2. The van der Waals surface area contributed by atoms with Crippen molar-refractivity contribution in [2.24, 2.45) is 0 Å². The Morgan fingerprint density at radius 2 is 2.42 bits per heavy atom. The van der Waals surface area contributed by atoms with Crippen molar-refractivity contribution in [2.75, 3.05) is 20.3 Å². The normalized spacial score (nSPS) is 12.5. The highest BCUT2D eigenvalue weighted by atomic mass is 16.5. The summed E-state index contributed by atoms with van der Waals surface area (Å²) in [5.74, 6) is -0.242. The molecule has 0 radical (unpaired) electrons. The van der Waals surface area contributed by atoms with Crippen molar-refractivity contribution in [3.05, 3.63) is 36.3 Å². The fraction of sp³-hybridized carbons (Fsp3) is 0.385. The number of amides is 1. The van der Waals surface area contributed by atoms with Gasteiger partial charge in [0.15, 0.2) is 0 Å². The number of methoxy groups -OCH3 is 1. The van der Waals surface area contributed by atoms with Gasteiger partial charge in [-0.3, -0.25) is 4.79 Å². The van der Waals surface area contributed by atoms with Crippen LogP contribution in [0.1, 0.15) is 16.9 Å². The van der Waals surface area contributed by atoms with E-state index in [2.05, 4.69) is 10.3 Å². The molecule has 0 aliphatic rings. The minimum atomic E-state index is -0.564. The molecule has 0 spiro atoms. The lowest BCUT2D eigenvalue weighted by Gasteiger charge is -2.09. The van der Waals surface area contributed by atoms with Gasteiger partial charge in [0.2, 0.25) is 0 Å². The van der Waals surface area contributed by atoms with Crippen molar-refractivity contribution < 1.29 is 14.6 Å². The molecule has 2 heterocycles. The van der Waals surface area contributed by atoms with Gasteiger partial charge in [0, 0.05) is 26.0 Å². The highest BCUT2D eigenvalue weighted by Gasteiger charge is 2.10. The number of aliphatic hydroxyl groups excluding tert-OH is 1. The number of aliphatic hydroxyl groups is 1. The zero-order valence-electron chi connectivity index (χ0n) is 10.7. The Bertz CT molecular complexity index is 520. The lowest BCUT2D eigenvalue weighted by molar-refractivity contribution is 0.0587. The van der Waals surface area contributed by atoms with Gasteiger partial charge in [-0.15, -0.1) is 0 Å². The number of hydrogen-bond acceptors (Lipinski definition) is 4. The van der Waals surface area contributed by atoms with Crippen molar-refractivity contribution in [1.82, 2.24) is 14.7 Å². The molecule has 2 rings (SSSR count). The van der Waals surface area contributed by atoms with E-state index in [4.69, 9.17) is 4.74 Å².